The average Bonchev–Trinajstić information content (AvgIpc) is 2.92. The fourth-order valence-corrected chi connectivity index (χ4v) is 3.38. The number of aryl methyl sites for hydroxylation is 1. The van der Waals surface area contributed by atoms with Crippen molar-refractivity contribution in [2.75, 3.05) is 0 Å². The van der Waals surface area contributed by atoms with Crippen LogP contribution in [0, 0.1) is 6.92 Å². The summed E-state index contributed by atoms with van der Waals surface area (Å²) in [4.78, 5) is 4.03. The fourth-order valence-electron chi connectivity index (χ4n) is 2.28. The van der Waals surface area contributed by atoms with Gasteiger partial charge in [-0.05, 0) is 30.2 Å². The van der Waals surface area contributed by atoms with Gasteiger partial charge in [-0.3, -0.25) is 0 Å². The molecule has 0 fully saturated rings. The maximum absolute atomic E-state index is 12.2. The van der Waals surface area contributed by atoms with E-state index in [1.807, 2.05) is 43.3 Å². The first-order valence-corrected chi connectivity index (χ1v) is 8.52. The maximum atomic E-state index is 12.2. The van der Waals surface area contributed by atoms with E-state index >= 15 is 0 Å². The van der Waals surface area contributed by atoms with Gasteiger partial charge in [-0.2, -0.15) is 0 Å². The zero-order valence-electron chi connectivity index (χ0n) is 12.1. The first-order chi connectivity index (χ1) is 10.5. The number of hydrogen-bond acceptors (Lipinski definition) is 4. The lowest BCUT2D eigenvalue weighted by Crippen LogP contribution is -2.24. The van der Waals surface area contributed by atoms with Gasteiger partial charge in [0.1, 0.15) is 5.52 Å². The Morgan fingerprint density at radius 3 is 2.82 bits per heavy atom. The number of nitrogens with zero attached hydrogens (tertiary/aromatic N) is 1. The lowest BCUT2D eigenvalue weighted by Gasteiger charge is -2.07. The zero-order valence-corrected chi connectivity index (χ0v) is 12.9. The number of nitrogens with one attached hydrogen (secondary N) is 1. The minimum atomic E-state index is -3.39. The van der Waals surface area contributed by atoms with Gasteiger partial charge < -0.3 is 4.42 Å². The van der Waals surface area contributed by atoms with Gasteiger partial charge in [-0.1, -0.05) is 35.9 Å². The van der Waals surface area contributed by atoms with Crippen molar-refractivity contribution in [3.05, 3.63) is 65.5 Å². The minimum Gasteiger partial charge on any atom is -0.443 e. The Hall–Kier alpha value is -2.18. The zero-order chi connectivity index (χ0) is 15.6. The lowest BCUT2D eigenvalue weighted by molar-refractivity contribution is 0.580. The van der Waals surface area contributed by atoms with Crippen LogP contribution in [0.2, 0.25) is 0 Å². The van der Waals surface area contributed by atoms with E-state index < -0.39 is 10.0 Å². The molecule has 3 rings (SSSR count). The van der Waals surface area contributed by atoms with Crippen LogP contribution < -0.4 is 4.72 Å². The molecule has 3 aromatic rings. The van der Waals surface area contributed by atoms with Crippen LogP contribution in [0.25, 0.3) is 11.1 Å². The van der Waals surface area contributed by atoms with Gasteiger partial charge in [0.15, 0.2) is 12.0 Å². The minimum absolute atomic E-state index is 0.0285. The van der Waals surface area contributed by atoms with Gasteiger partial charge >= 0.3 is 0 Å². The van der Waals surface area contributed by atoms with Crippen molar-refractivity contribution in [3.8, 4) is 0 Å². The maximum Gasteiger partial charge on any atom is 0.216 e. The number of benzene rings is 2. The second-order valence-electron chi connectivity index (χ2n) is 5.22. The van der Waals surface area contributed by atoms with Crippen molar-refractivity contribution in [2.24, 2.45) is 0 Å². The fraction of sp³-hybridized carbons (Fsp3) is 0.188. The molecule has 0 bridgehead atoms. The number of hydrogen-bond donors (Lipinski definition) is 1. The molecule has 114 valence electrons. The van der Waals surface area contributed by atoms with Crippen molar-refractivity contribution >= 4 is 21.1 Å². The Morgan fingerprint density at radius 1 is 1.14 bits per heavy atom. The number of sulfonamides is 1. The van der Waals surface area contributed by atoms with Gasteiger partial charge in [0, 0.05) is 6.54 Å². The van der Waals surface area contributed by atoms with Crippen LogP contribution in [-0.4, -0.2) is 13.4 Å². The molecule has 1 N–H and O–H groups in total. The molecule has 0 atom stereocenters. The molecule has 0 aliphatic rings. The Kier molecular flexibility index (Phi) is 3.96. The average molecular weight is 316 g/mol. The van der Waals surface area contributed by atoms with E-state index in [-0.39, 0.29) is 12.3 Å². The number of fused-ring (bicyclic) bond motifs is 1. The Labute approximate surface area is 129 Å². The number of aromatic nitrogens is 1. The highest BCUT2D eigenvalue weighted by Gasteiger charge is 2.12. The summed E-state index contributed by atoms with van der Waals surface area (Å²) in [5.41, 5.74) is 4.06. The molecule has 1 heterocycles. The highest BCUT2D eigenvalue weighted by Crippen LogP contribution is 2.14. The summed E-state index contributed by atoms with van der Waals surface area (Å²) in [6.45, 7) is 2.17. The highest BCUT2D eigenvalue weighted by molar-refractivity contribution is 7.88. The van der Waals surface area contributed by atoms with Gasteiger partial charge in [-0.15, -0.1) is 0 Å². The monoisotopic (exact) mass is 316 g/mol. The third-order valence-electron chi connectivity index (χ3n) is 3.33. The van der Waals surface area contributed by atoms with E-state index in [9.17, 15) is 8.42 Å². The van der Waals surface area contributed by atoms with Gasteiger partial charge in [-0.25, -0.2) is 18.1 Å². The number of oxazole rings is 1. The van der Waals surface area contributed by atoms with Crippen molar-refractivity contribution in [1.29, 1.82) is 0 Å². The molecule has 0 amide bonds. The molecule has 0 radical (unpaired) electrons. The Bertz CT molecular complexity index is 900. The molecule has 2 aromatic carbocycles. The third kappa shape index (κ3) is 3.52. The first-order valence-electron chi connectivity index (χ1n) is 6.87. The van der Waals surface area contributed by atoms with Crippen LogP contribution in [0.4, 0.5) is 0 Å². The molecule has 5 nitrogen and oxygen atoms in total. The van der Waals surface area contributed by atoms with E-state index in [1.165, 1.54) is 6.39 Å². The molecule has 0 aliphatic carbocycles. The topological polar surface area (TPSA) is 72.2 Å². The number of rotatable bonds is 5. The Balaban J connectivity index is 1.68. The largest absolute Gasteiger partial charge is 0.443 e. The summed E-state index contributed by atoms with van der Waals surface area (Å²) in [7, 11) is -3.39. The van der Waals surface area contributed by atoms with Gasteiger partial charge in [0.2, 0.25) is 10.0 Å². The normalized spacial score (nSPS) is 11.9. The lowest BCUT2D eigenvalue weighted by atomic mass is 10.2. The van der Waals surface area contributed by atoms with E-state index in [2.05, 4.69) is 9.71 Å². The molecule has 1 aromatic heterocycles. The van der Waals surface area contributed by atoms with E-state index in [0.717, 1.165) is 22.2 Å². The van der Waals surface area contributed by atoms with E-state index in [4.69, 9.17) is 4.42 Å². The molecule has 0 saturated heterocycles. The van der Waals surface area contributed by atoms with Crippen LogP contribution in [0.1, 0.15) is 16.7 Å². The second-order valence-corrected chi connectivity index (χ2v) is 7.03. The van der Waals surface area contributed by atoms with Crippen molar-refractivity contribution in [3.63, 3.8) is 0 Å². The summed E-state index contributed by atoms with van der Waals surface area (Å²) in [5.74, 6) is -0.0285. The van der Waals surface area contributed by atoms with Gasteiger partial charge in [0.25, 0.3) is 0 Å². The quantitative estimate of drug-likeness (QED) is 0.785. The van der Waals surface area contributed by atoms with Crippen LogP contribution >= 0.6 is 0 Å². The summed E-state index contributed by atoms with van der Waals surface area (Å²) in [6, 6.07) is 12.9. The highest BCUT2D eigenvalue weighted by atomic mass is 32.2. The summed E-state index contributed by atoms with van der Waals surface area (Å²) in [6.07, 6.45) is 1.37. The Morgan fingerprint density at radius 2 is 2.00 bits per heavy atom. The molecule has 0 saturated carbocycles. The molecule has 0 aliphatic heterocycles. The summed E-state index contributed by atoms with van der Waals surface area (Å²) < 4.78 is 32.1. The predicted octanol–water partition coefficient (Wildman–Crippen LogP) is 2.76. The molecule has 6 heteroatoms. The standard InChI is InChI=1S/C16H16N2O3S/c1-12-3-2-4-14(7-12)10-22(19,20)18-9-13-5-6-15-16(8-13)21-11-17-15/h2-8,11,18H,9-10H2,1H3. The van der Waals surface area contributed by atoms with Crippen molar-refractivity contribution in [1.82, 2.24) is 9.71 Å². The van der Waals surface area contributed by atoms with Crippen LogP contribution in [0.15, 0.2) is 53.3 Å². The molecule has 0 unspecified atom stereocenters. The molecule has 22 heavy (non-hydrogen) atoms. The summed E-state index contributed by atoms with van der Waals surface area (Å²) in [5, 5.41) is 0. The SMILES string of the molecule is Cc1cccc(CS(=O)(=O)NCc2ccc3ncoc3c2)c1. The van der Waals surface area contributed by atoms with E-state index in [0.29, 0.717) is 5.58 Å². The van der Waals surface area contributed by atoms with Crippen LogP contribution in [-0.2, 0) is 22.3 Å². The third-order valence-corrected chi connectivity index (χ3v) is 4.63. The summed E-state index contributed by atoms with van der Waals surface area (Å²) >= 11 is 0. The first kappa shape index (κ1) is 14.7. The molecular formula is C16H16N2O3S. The second kappa shape index (κ2) is 5.90. The smallest absolute Gasteiger partial charge is 0.216 e. The van der Waals surface area contributed by atoms with Crippen LogP contribution in [0.5, 0.6) is 0 Å². The molecule has 0 spiro atoms. The van der Waals surface area contributed by atoms with E-state index in [1.54, 1.807) is 6.07 Å². The van der Waals surface area contributed by atoms with Crippen molar-refractivity contribution < 1.29 is 12.8 Å². The van der Waals surface area contributed by atoms with Gasteiger partial charge in [0.05, 0.1) is 5.75 Å². The molecular weight excluding hydrogens is 300 g/mol. The van der Waals surface area contributed by atoms with Crippen LogP contribution in [0.3, 0.4) is 0 Å². The van der Waals surface area contributed by atoms with Crippen molar-refractivity contribution in [2.45, 2.75) is 19.2 Å². The predicted molar refractivity (Wildman–Crippen MR) is 84.7 cm³/mol.